The zero-order valence-corrected chi connectivity index (χ0v) is 16.5. The van der Waals surface area contributed by atoms with E-state index in [0.717, 1.165) is 28.1 Å². The molecule has 1 atom stereocenters. The molecule has 0 spiro atoms. The molecular weight excluding hydrogens is 381 g/mol. The third-order valence-electron chi connectivity index (χ3n) is 5.62. The maximum atomic E-state index is 13.3. The number of nitrogens with zero attached hydrogens (tertiary/aromatic N) is 3. The highest BCUT2D eigenvalue weighted by Gasteiger charge is 2.29. The molecule has 0 saturated heterocycles. The minimum atomic E-state index is -0.279. The molecule has 150 valence electrons. The normalized spacial score (nSPS) is 16.1. The van der Waals surface area contributed by atoms with Crippen LogP contribution >= 0.6 is 0 Å². The maximum absolute atomic E-state index is 13.3. The van der Waals surface area contributed by atoms with Crippen LogP contribution in [0.1, 0.15) is 39.6 Å². The maximum Gasteiger partial charge on any atom is 0.166 e. The minimum Gasteiger partial charge on any atom is -0.378 e. The first-order chi connectivity index (χ1) is 14.6. The zero-order chi connectivity index (χ0) is 20.7. The van der Waals surface area contributed by atoms with Gasteiger partial charge in [0.1, 0.15) is 5.82 Å². The second kappa shape index (κ2) is 7.46. The van der Waals surface area contributed by atoms with Crippen LogP contribution in [0.4, 0.5) is 4.39 Å². The fraction of sp³-hybridized carbons (Fsp3) is 0.208. The van der Waals surface area contributed by atoms with Gasteiger partial charge in [-0.3, -0.25) is 4.79 Å². The van der Waals surface area contributed by atoms with Crippen LogP contribution in [-0.2, 0) is 17.8 Å². The predicted octanol–water partition coefficient (Wildman–Crippen LogP) is 4.59. The van der Waals surface area contributed by atoms with Gasteiger partial charge < -0.3 is 4.74 Å². The van der Waals surface area contributed by atoms with E-state index in [0.29, 0.717) is 30.7 Å². The quantitative estimate of drug-likeness (QED) is 0.502. The number of halogens is 1. The van der Waals surface area contributed by atoms with Gasteiger partial charge in [-0.15, -0.1) is 0 Å². The van der Waals surface area contributed by atoms with Gasteiger partial charge in [-0.2, -0.15) is 5.10 Å². The summed E-state index contributed by atoms with van der Waals surface area (Å²) in [5.41, 5.74) is 5.72. The molecule has 5 rings (SSSR count). The lowest BCUT2D eigenvalue weighted by Gasteiger charge is -2.23. The van der Waals surface area contributed by atoms with Crippen LogP contribution in [-0.4, -0.2) is 27.5 Å². The summed E-state index contributed by atoms with van der Waals surface area (Å²) in [5, 5.41) is 4.64. The van der Waals surface area contributed by atoms with Crippen molar-refractivity contribution in [1.29, 1.82) is 0 Å². The molecule has 2 aromatic heterocycles. The average molecular weight is 401 g/mol. The number of ether oxygens (including phenoxy) is 1. The second-order valence-corrected chi connectivity index (χ2v) is 7.57. The van der Waals surface area contributed by atoms with E-state index in [1.54, 1.807) is 30.0 Å². The first-order valence-corrected chi connectivity index (χ1v) is 9.88. The topological polar surface area (TPSA) is 56.5 Å². The minimum absolute atomic E-state index is 0.0120. The summed E-state index contributed by atoms with van der Waals surface area (Å²) < 4.78 is 20.4. The Morgan fingerprint density at radius 3 is 2.60 bits per heavy atom. The number of methoxy groups -OCH3 is 1. The molecule has 1 aliphatic rings. The van der Waals surface area contributed by atoms with E-state index in [9.17, 15) is 9.18 Å². The molecule has 0 saturated carbocycles. The lowest BCUT2D eigenvalue weighted by atomic mass is 9.82. The van der Waals surface area contributed by atoms with Gasteiger partial charge in [0.15, 0.2) is 11.4 Å². The lowest BCUT2D eigenvalue weighted by molar-refractivity contribution is 0.0962. The number of carbonyl (C=O) groups excluding carboxylic acids is 1. The summed E-state index contributed by atoms with van der Waals surface area (Å²) in [6, 6.07) is 16.3. The monoisotopic (exact) mass is 401 g/mol. The Morgan fingerprint density at radius 2 is 1.87 bits per heavy atom. The van der Waals surface area contributed by atoms with Gasteiger partial charge in [-0.05, 0) is 35.6 Å². The highest BCUT2D eigenvalue weighted by Crippen LogP contribution is 2.34. The van der Waals surface area contributed by atoms with Crippen molar-refractivity contribution in [2.24, 2.45) is 0 Å². The number of hydrogen-bond acceptors (Lipinski definition) is 4. The van der Waals surface area contributed by atoms with Crippen molar-refractivity contribution in [1.82, 2.24) is 14.6 Å². The fourth-order valence-electron chi connectivity index (χ4n) is 4.19. The Hall–Kier alpha value is -3.38. The third kappa shape index (κ3) is 3.19. The highest BCUT2D eigenvalue weighted by atomic mass is 19.1. The van der Waals surface area contributed by atoms with Crippen molar-refractivity contribution >= 4 is 11.4 Å². The Balaban J connectivity index is 1.64. The molecule has 4 aromatic rings. The van der Waals surface area contributed by atoms with Crippen molar-refractivity contribution in [2.45, 2.75) is 25.4 Å². The van der Waals surface area contributed by atoms with Gasteiger partial charge in [0, 0.05) is 19.7 Å². The molecule has 2 aromatic carbocycles. The SMILES string of the molecule is COCc1nn2cc3c(nc2c1-c1ccccc1)CC(c1ccc(F)cc1)CC3=O. The van der Waals surface area contributed by atoms with Gasteiger partial charge in [0.05, 0.1) is 29.1 Å². The molecule has 30 heavy (non-hydrogen) atoms. The van der Waals surface area contributed by atoms with E-state index in [1.807, 2.05) is 30.3 Å². The van der Waals surface area contributed by atoms with Crippen LogP contribution in [0.2, 0.25) is 0 Å². The molecule has 2 heterocycles. The van der Waals surface area contributed by atoms with E-state index >= 15 is 0 Å². The number of aromatic nitrogens is 3. The molecular formula is C24H20FN3O2. The summed E-state index contributed by atoms with van der Waals surface area (Å²) in [4.78, 5) is 17.8. The van der Waals surface area contributed by atoms with E-state index in [4.69, 9.17) is 9.72 Å². The number of ketones is 1. The third-order valence-corrected chi connectivity index (χ3v) is 5.62. The molecule has 0 N–H and O–H groups in total. The highest BCUT2D eigenvalue weighted by molar-refractivity contribution is 5.99. The average Bonchev–Trinajstić information content (AvgIpc) is 3.10. The first kappa shape index (κ1) is 18.6. The van der Waals surface area contributed by atoms with E-state index in [-0.39, 0.29) is 17.5 Å². The van der Waals surface area contributed by atoms with Crippen molar-refractivity contribution < 1.29 is 13.9 Å². The second-order valence-electron chi connectivity index (χ2n) is 7.57. The standard InChI is InChI=1S/C24H20FN3O2/c1-30-14-21-23(16-5-3-2-4-6-16)24-26-20-11-17(15-7-9-18(25)10-8-15)12-22(29)19(20)13-28(24)27-21/h2-10,13,17H,11-12,14H2,1H3. The Bertz CT molecular complexity index is 1230. The molecule has 1 aliphatic carbocycles. The van der Waals surface area contributed by atoms with Crippen LogP contribution in [0.15, 0.2) is 60.8 Å². The van der Waals surface area contributed by atoms with Crippen LogP contribution < -0.4 is 0 Å². The number of rotatable bonds is 4. The van der Waals surface area contributed by atoms with E-state index in [1.165, 1.54) is 12.1 Å². The molecule has 0 amide bonds. The van der Waals surface area contributed by atoms with E-state index < -0.39 is 0 Å². The van der Waals surface area contributed by atoms with Gasteiger partial charge in [0.2, 0.25) is 0 Å². The molecule has 0 fully saturated rings. The molecule has 6 heteroatoms. The van der Waals surface area contributed by atoms with Crippen LogP contribution in [0.25, 0.3) is 16.8 Å². The predicted molar refractivity (Wildman–Crippen MR) is 111 cm³/mol. The number of Topliss-reactive ketones (excluding diaryl/α,β-unsaturated/α-hetero) is 1. The van der Waals surface area contributed by atoms with Gasteiger partial charge in [0.25, 0.3) is 0 Å². The number of benzene rings is 2. The van der Waals surface area contributed by atoms with Crippen molar-refractivity contribution in [3.05, 3.63) is 89.1 Å². The number of carbonyl (C=O) groups is 1. The van der Waals surface area contributed by atoms with Gasteiger partial charge in [-0.1, -0.05) is 42.5 Å². The Kier molecular flexibility index (Phi) is 4.64. The summed E-state index contributed by atoms with van der Waals surface area (Å²) in [6.45, 7) is 0.352. The zero-order valence-electron chi connectivity index (χ0n) is 16.5. The molecule has 0 aliphatic heterocycles. The van der Waals surface area contributed by atoms with Gasteiger partial charge in [-0.25, -0.2) is 13.9 Å². The molecule has 1 unspecified atom stereocenters. The van der Waals surface area contributed by atoms with Crippen LogP contribution in [0.5, 0.6) is 0 Å². The Morgan fingerprint density at radius 1 is 1.10 bits per heavy atom. The molecule has 0 radical (unpaired) electrons. The Labute approximate surface area is 173 Å². The number of fused-ring (bicyclic) bond motifs is 2. The molecule has 0 bridgehead atoms. The van der Waals surface area contributed by atoms with Crippen LogP contribution in [0.3, 0.4) is 0 Å². The molecule has 5 nitrogen and oxygen atoms in total. The largest absolute Gasteiger partial charge is 0.378 e. The van der Waals surface area contributed by atoms with Crippen LogP contribution in [0, 0.1) is 5.82 Å². The number of hydrogen-bond donors (Lipinski definition) is 0. The van der Waals surface area contributed by atoms with Gasteiger partial charge >= 0.3 is 0 Å². The van der Waals surface area contributed by atoms with Crippen molar-refractivity contribution in [3.63, 3.8) is 0 Å². The summed E-state index contributed by atoms with van der Waals surface area (Å²) >= 11 is 0. The van der Waals surface area contributed by atoms with E-state index in [2.05, 4.69) is 5.10 Å². The summed E-state index contributed by atoms with van der Waals surface area (Å²) in [5.74, 6) is -0.259. The smallest absolute Gasteiger partial charge is 0.166 e. The van der Waals surface area contributed by atoms with Crippen molar-refractivity contribution in [3.8, 4) is 11.1 Å². The fourth-order valence-corrected chi connectivity index (χ4v) is 4.19. The van der Waals surface area contributed by atoms with Crippen molar-refractivity contribution in [2.75, 3.05) is 7.11 Å². The lowest BCUT2D eigenvalue weighted by Crippen LogP contribution is -2.21. The first-order valence-electron chi connectivity index (χ1n) is 9.88. The summed E-state index contributed by atoms with van der Waals surface area (Å²) in [7, 11) is 1.63. The summed E-state index contributed by atoms with van der Waals surface area (Å²) in [6.07, 6.45) is 2.79.